The zero-order valence-electron chi connectivity index (χ0n) is 15.6. The summed E-state index contributed by atoms with van der Waals surface area (Å²) < 4.78 is 0.824. The number of hydrogen-bond donors (Lipinski definition) is 2. The second-order valence-electron chi connectivity index (χ2n) is 6.25. The van der Waals surface area contributed by atoms with E-state index in [9.17, 15) is 19.5 Å². The maximum absolute atomic E-state index is 12.9. The third-order valence-corrected chi connectivity index (χ3v) is 4.59. The topological polar surface area (TPSA) is 98.3 Å². The van der Waals surface area contributed by atoms with Gasteiger partial charge in [0.25, 0.3) is 11.8 Å². The Bertz CT molecular complexity index is 1110. The number of nitrogens with one attached hydrogen (secondary N) is 2. The Hall–Kier alpha value is -3.71. The van der Waals surface area contributed by atoms with E-state index < -0.39 is 17.8 Å². The molecule has 0 atom stereocenters. The van der Waals surface area contributed by atoms with E-state index in [-0.39, 0.29) is 16.9 Å². The number of aromatic carboxylic acids is 1. The van der Waals surface area contributed by atoms with Crippen molar-refractivity contribution in [3.05, 3.63) is 106 Å². The molecular formula is C23H16BrN2O4-. The van der Waals surface area contributed by atoms with Crippen LogP contribution in [0.1, 0.15) is 26.3 Å². The maximum Gasteiger partial charge on any atom is 0.272 e. The van der Waals surface area contributed by atoms with Gasteiger partial charge in [-0.15, -0.1) is 0 Å². The van der Waals surface area contributed by atoms with Crippen molar-refractivity contribution in [2.24, 2.45) is 0 Å². The van der Waals surface area contributed by atoms with Crippen molar-refractivity contribution in [2.75, 3.05) is 5.32 Å². The molecule has 0 aliphatic carbocycles. The summed E-state index contributed by atoms with van der Waals surface area (Å²) in [6.07, 6.45) is 1.54. The summed E-state index contributed by atoms with van der Waals surface area (Å²) in [5.74, 6) is -2.40. The average Bonchev–Trinajstić information content (AvgIpc) is 2.74. The van der Waals surface area contributed by atoms with Crippen LogP contribution in [0, 0.1) is 0 Å². The second kappa shape index (κ2) is 9.67. The third-order valence-electron chi connectivity index (χ3n) is 4.07. The molecule has 0 spiro atoms. The first-order valence-electron chi connectivity index (χ1n) is 8.89. The molecule has 0 aliphatic rings. The highest BCUT2D eigenvalue weighted by Crippen LogP contribution is 2.14. The predicted molar refractivity (Wildman–Crippen MR) is 115 cm³/mol. The van der Waals surface area contributed by atoms with Gasteiger partial charge in [0.1, 0.15) is 5.70 Å². The number of carbonyl (C=O) groups excluding carboxylic acids is 3. The van der Waals surface area contributed by atoms with E-state index in [1.54, 1.807) is 54.6 Å². The van der Waals surface area contributed by atoms with Crippen LogP contribution in [0.2, 0.25) is 0 Å². The molecule has 0 heterocycles. The average molecular weight is 464 g/mol. The van der Waals surface area contributed by atoms with Gasteiger partial charge in [-0.25, -0.2) is 0 Å². The molecule has 0 saturated heterocycles. The Morgan fingerprint density at radius 2 is 1.53 bits per heavy atom. The Kier molecular flexibility index (Phi) is 6.77. The molecule has 0 saturated carbocycles. The van der Waals surface area contributed by atoms with Crippen molar-refractivity contribution < 1.29 is 19.5 Å². The molecule has 3 aromatic rings. The van der Waals surface area contributed by atoms with Gasteiger partial charge in [0, 0.05) is 15.7 Å². The summed E-state index contributed by atoms with van der Waals surface area (Å²) in [5.41, 5.74) is 1.29. The Balaban J connectivity index is 1.87. The third kappa shape index (κ3) is 5.65. The molecule has 150 valence electrons. The van der Waals surface area contributed by atoms with E-state index in [0.717, 1.165) is 4.47 Å². The minimum Gasteiger partial charge on any atom is -0.545 e. The molecule has 0 radical (unpaired) electrons. The molecule has 0 bridgehead atoms. The van der Waals surface area contributed by atoms with Gasteiger partial charge < -0.3 is 20.5 Å². The molecule has 3 rings (SSSR count). The lowest BCUT2D eigenvalue weighted by Crippen LogP contribution is -2.31. The first kappa shape index (κ1) is 21.0. The van der Waals surface area contributed by atoms with Gasteiger partial charge in [-0.05, 0) is 53.6 Å². The fourth-order valence-electron chi connectivity index (χ4n) is 2.59. The molecular weight excluding hydrogens is 448 g/mol. The van der Waals surface area contributed by atoms with Crippen LogP contribution >= 0.6 is 15.9 Å². The Morgan fingerprint density at radius 1 is 0.833 bits per heavy atom. The van der Waals surface area contributed by atoms with Crippen molar-refractivity contribution in [1.29, 1.82) is 0 Å². The molecule has 3 aromatic carbocycles. The molecule has 2 amide bonds. The van der Waals surface area contributed by atoms with Gasteiger partial charge in [0.2, 0.25) is 0 Å². The van der Waals surface area contributed by atoms with E-state index >= 15 is 0 Å². The number of halogens is 1. The summed E-state index contributed by atoms with van der Waals surface area (Å²) >= 11 is 3.31. The second-order valence-corrected chi connectivity index (χ2v) is 7.17. The largest absolute Gasteiger partial charge is 0.545 e. The highest BCUT2D eigenvalue weighted by Gasteiger charge is 2.15. The van der Waals surface area contributed by atoms with E-state index in [1.807, 2.05) is 6.07 Å². The number of carboxylic acid groups (broad SMARTS) is 1. The van der Waals surface area contributed by atoms with Crippen molar-refractivity contribution in [1.82, 2.24) is 5.32 Å². The smallest absolute Gasteiger partial charge is 0.272 e. The molecule has 2 N–H and O–H groups in total. The highest BCUT2D eigenvalue weighted by atomic mass is 79.9. The molecule has 0 unspecified atom stereocenters. The summed E-state index contributed by atoms with van der Waals surface area (Å²) in [6, 6.07) is 21.4. The quantitative estimate of drug-likeness (QED) is 0.548. The monoisotopic (exact) mass is 463 g/mol. The van der Waals surface area contributed by atoms with Gasteiger partial charge in [0.05, 0.1) is 5.97 Å². The fraction of sp³-hybridized carbons (Fsp3) is 0. The zero-order chi connectivity index (χ0) is 21.5. The van der Waals surface area contributed by atoms with Gasteiger partial charge in [-0.2, -0.15) is 0 Å². The molecule has 0 fully saturated rings. The van der Waals surface area contributed by atoms with Gasteiger partial charge in [0.15, 0.2) is 0 Å². The summed E-state index contributed by atoms with van der Waals surface area (Å²) in [5, 5.41) is 16.3. The number of benzene rings is 3. The van der Waals surface area contributed by atoms with Gasteiger partial charge in [-0.1, -0.05) is 58.4 Å². The highest BCUT2D eigenvalue weighted by molar-refractivity contribution is 9.10. The summed E-state index contributed by atoms with van der Waals surface area (Å²) in [6.45, 7) is 0. The number of amides is 2. The number of hydrogen-bond acceptors (Lipinski definition) is 4. The number of carboxylic acids is 1. The van der Waals surface area contributed by atoms with Crippen LogP contribution in [0.5, 0.6) is 0 Å². The summed E-state index contributed by atoms with van der Waals surface area (Å²) in [7, 11) is 0. The number of anilines is 1. The SMILES string of the molecule is O=C(Nc1cccc(C(=O)[O-])c1)/C(=C/c1ccccc1)NC(=O)c1ccc(Br)cc1. The number of carbonyl (C=O) groups is 3. The van der Waals surface area contributed by atoms with Crippen molar-refractivity contribution in [3.8, 4) is 0 Å². The zero-order valence-corrected chi connectivity index (χ0v) is 17.2. The molecule has 0 aromatic heterocycles. The van der Waals surface area contributed by atoms with Crippen LogP contribution < -0.4 is 15.7 Å². The van der Waals surface area contributed by atoms with Crippen molar-refractivity contribution >= 4 is 45.5 Å². The Morgan fingerprint density at radius 3 is 2.20 bits per heavy atom. The van der Waals surface area contributed by atoms with Crippen LogP contribution in [0.3, 0.4) is 0 Å². The van der Waals surface area contributed by atoms with Crippen LogP contribution in [0.4, 0.5) is 5.69 Å². The maximum atomic E-state index is 12.9. The van der Waals surface area contributed by atoms with Gasteiger partial charge >= 0.3 is 0 Å². The van der Waals surface area contributed by atoms with Crippen molar-refractivity contribution in [2.45, 2.75) is 0 Å². The normalized spacial score (nSPS) is 10.9. The van der Waals surface area contributed by atoms with Crippen LogP contribution in [-0.4, -0.2) is 17.8 Å². The predicted octanol–water partition coefficient (Wildman–Crippen LogP) is 3.22. The Labute approximate surface area is 181 Å². The lowest BCUT2D eigenvalue weighted by molar-refractivity contribution is -0.255. The van der Waals surface area contributed by atoms with E-state index in [2.05, 4.69) is 26.6 Å². The first-order valence-corrected chi connectivity index (χ1v) is 9.68. The van der Waals surface area contributed by atoms with Gasteiger partial charge in [-0.3, -0.25) is 9.59 Å². The molecule has 6 nitrogen and oxygen atoms in total. The number of rotatable bonds is 6. The minimum atomic E-state index is -1.35. The van der Waals surface area contributed by atoms with Crippen LogP contribution in [0.15, 0.2) is 89.0 Å². The standard InChI is InChI=1S/C23H17BrN2O4/c24-18-11-9-16(10-12-18)21(27)26-20(13-15-5-2-1-3-6-15)22(28)25-19-8-4-7-17(14-19)23(29)30/h1-14H,(H,25,28)(H,26,27)(H,29,30)/p-1/b20-13-. The van der Waals surface area contributed by atoms with E-state index in [4.69, 9.17) is 0 Å². The van der Waals surface area contributed by atoms with Crippen LogP contribution in [0.25, 0.3) is 6.08 Å². The molecule has 30 heavy (non-hydrogen) atoms. The van der Waals surface area contributed by atoms with Crippen LogP contribution in [-0.2, 0) is 4.79 Å². The van der Waals surface area contributed by atoms with Crippen molar-refractivity contribution in [3.63, 3.8) is 0 Å². The molecule has 0 aliphatic heterocycles. The minimum absolute atomic E-state index is 0.00738. The fourth-order valence-corrected chi connectivity index (χ4v) is 2.86. The van der Waals surface area contributed by atoms with E-state index in [0.29, 0.717) is 11.1 Å². The lowest BCUT2D eigenvalue weighted by atomic mass is 10.1. The summed E-state index contributed by atoms with van der Waals surface area (Å²) in [4.78, 5) is 36.5. The first-order chi connectivity index (χ1) is 14.4. The van der Waals surface area contributed by atoms with E-state index in [1.165, 1.54) is 24.3 Å². The molecule has 7 heteroatoms. The lowest BCUT2D eigenvalue weighted by Gasteiger charge is -2.12.